The van der Waals surface area contributed by atoms with Crippen molar-refractivity contribution in [2.45, 2.75) is 31.0 Å². The topological polar surface area (TPSA) is 68.7 Å². The summed E-state index contributed by atoms with van der Waals surface area (Å²) in [5, 5.41) is 13.6. The van der Waals surface area contributed by atoms with Crippen molar-refractivity contribution in [1.29, 1.82) is 0 Å². The molecule has 186 valence electrons. The highest BCUT2D eigenvalue weighted by Gasteiger charge is 2.50. The van der Waals surface area contributed by atoms with Gasteiger partial charge in [0.2, 0.25) is 0 Å². The van der Waals surface area contributed by atoms with Crippen LogP contribution in [0.15, 0.2) is 42.1 Å². The molecule has 0 radical (unpaired) electrons. The van der Waals surface area contributed by atoms with Gasteiger partial charge in [0.1, 0.15) is 5.25 Å². The molecular formula is C23H28ClF3N4O2S. The highest BCUT2D eigenvalue weighted by Crippen LogP contribution is 2.40. The number of nitrogens with one attached hydrogen (secondary N) is 1. The van der Waals surface area contributed by atoms with Crippen LogP contribution < -0.4 is 5.32 Å². The van der Waals surface area contributed by atoms with E-state index in [4.69, 9.17) is 11.6 Å². The number of rotatable bonds is 10. The molecule has 6 nitrogen and oxygen atoms in total. The fraction of sp³-hybridized carbons (Fsp3) is 0.478. The summed E-state index contributed by atoms with van der Waals surface area (Å²) < 4.78 is 40.4. The molecule has 34 heavy (non-hydrogen) atoms. The summed E-state index contributed by atoms with van der Waals surface area (Å²) in [7, 11) is 1.85. The first-order valence-electron chi connectivity index (χ1n) is 10.9. The standard InChI is InChI=1S/C23H28ClF3N4O2S/c1-4-34-20(23(25,26)27)17-14-22(2,33)31(21(17)32)12-11-30(3)10-9-29-18-7-8-28-19-13-15(24)5-6-16(18)19/h5-8,13-14,20,33H,4,9-12H2,1-3H3,(H,28,29)/t20?,22-/m1/s1. The molecule has 3 rings (SSSR count). The summed E-state index contributed by atoms with van der Waals surface area (Å²) >= 11 is 6.67. The van der Waals surface area contributed by atoms with Crippen molar-refractivity contribution >= 4 is 45.9 Å². The van der Waals surface area contributed by atoms with E-state index in [0.29, 0.717) is 36.4 Å². The molecule has 1 amide bonds. The molecule has 0 bridgehead atoms. The second-order valence-corrected chi connectivity index (χ2v) is 10.1. The number of anilines is 1. The molecule has 11 heteroatoms. The number of halogens is 4. The lowest BCUT2D eigenvalue weighted by atomic mass is 10.1. The van der Waals surface area contributed by atoms with E-state index in [0.717, 1.165) is 27.6 Å². The van der Waals surface area contributed by atoms with Crippen molar-refractivity contribution in [3.05, 3.63) is 47.1 Å². The van der Waals surface area contributed by atoms with Crippen LogP contribution in [-0.2, 0) is 4.79 Å². The van der Waals surface area contributed by atoms with E-state index in [1.165, 1.54) is 6.92 Å². The lowest BCUT2D eigenvalue weighted by Gasteiger charge is -2.31. The van der Waals surface area contributed by atoms with Crippen LogP contribution in [0.3, 0.4) is 0 Å². The van der Waals surface area contributed by atoms with Crippen molar-refractivity contribution in [2.24, 2.45) is 0 Å². The Morgan fingerprint density at radius 1 is 1.32 bits per heavy atom. The summed E-state index contributed by atoms with van der Waals surface area (Å²) in [6.45, 7) is 4.62. The molecule has 0 fully saturated rings. The van der Waals surface area contributed by atoms with E-state index in [1.807, 2.05) is 24.1 Å². The molecular weight excluding hydrogens is 489 g/mol. The minimum absolute atomic E-state index is 0.0976. The summed E-state index contributed by atoms with van der Waals surface area (Å²) in [5.74, 6) is -0.575. The Morgan fingerprint density at radius 3 is 2.74 bits per heavy atom. The number of hydrogen-bond donors (Lipinski definition) is 2. The van der Waals surface area contributed by atoms with Gasteiger partial charge >= 0.3 is 6.18 Å². The van der Waals surface area contributed by atoms with Crippen LogP contribution in [0.1, 0.15) is 13.8 Å². The Morgan fingerprint density at radius 2 is 2.06 bits per heavy atom. The molecule has 2 atom stereocenters. The van der Waals surface area contributed by atoms with Crippen LogP contribution in [0.25, 0.3) is 10.9 Å². The summed E-state index contributed by atoms with van der Waals surface area (Å²) in [6.07, 6.45) is -1.83. The number of likely N-dealkylation sites (N-methyl/N-ethyl adjacent to an activating group) is 1. The molecule has 2 N–H and O–H groups in total. The largest absolute Gasteiger partial charge is 0.404 e. The predicted octanol–water partition coefficient (Wildman–Crippen LogP) is 4.39. The number of carbonyl (C=O) groups excluding carboxylic acids is 1. The minimum Gasteiger partial charge on any atom is -0.383 e. The molecule has 1 unspecified atom stereocenters. The SMILES string of the molecule is CCSC(C1=C[C@@](C)(O)N(CCN(C)CCNc2ccnc3cc(Cl)ccc23)C1=O)C(F)(F)F. The Balaban J connectivity index is 1.56. The van der Waals surface area contributed by atoms with E-state index >= 15 is 0 Å². The molecule has 2 heterocycles. The maximum atomic E-state index is 13.5. The maximum Gasteiger partial charge on any atom is 0.404 e. The molecule has 0 saturated carbocycles. The lowest BCUT2D eigenvalue weighted by Crippen LogP contribution is -2.48. The van der Waals surface area contributed by atoms with Gasteiger partial charge < -0.3 is 20.2 Å². The average molecular weight is 517 g/mol. The van der Waals surface area contributed by atoms with Gasteiger partial charge in [-0.25, -0.2) is 0 Å². The molecule has 1 aromatic heterocycles. The molecule has 0 saturated heterocycles. The zero-order valence-electron chi connectivity index (χ0n) is 19.2. The zero-order chi connectivity index (χ0) is 25.1. The number of nitrogens with zero attached hydrogens (tertiary/aromatic N) is 3. The normalized spacial score (nSPS) is 19.7. The van der Waals surface area contributed by atoms with Gasteiger partial charge in [0, 0.05) is 54.0 Å². The van der Waals surface area contributed by atoms with Gasteiger partial charge in [0.25, 0.3) is 5.91 Å². The van der Waals surface area contributed by atoms with Crippen molar-refractivity contribution in [3.63, 3.8) is 0 Å². The van der Waals surface area contributed by atoms with Gasteiger partial charge in [-0.15, -0.1) is 11.8 Å². The minimum atomic E-state index is -4.57. The van der Waals surface area contributed by atoms with E-state index in [1.54, 1.807) is 25.3 Å². The van der Waals surface area contributed by atoms with E-state index < -0.39 is 28.6 Å². The number of fused-ring (bicyclic) bond motifs is 1. The fourth-order valence-electron chi connectivity index (χ4n) is 3.88. The number of pyridine rings is 1. The first-order valence-corrected chi connectivity index (χ1v) is 12.3. The number of alkyl halides is 3. The highest BCUT2D eigenvalue weighted by atomic mass is 35.5. The monoisotopic (exact) mass is 516 g/mol. The van der Waals surface area contributed by atoms with Crippen LogP contribution >= 0.6 is 23.4 Å². The van der Waals surface area contributed by atoms with Crippen LogP contribution in [-0.4, -0.2) is 81.9 Å². The van der Waals surface area contributed by atoms with Crippen molar-refractivity contribution in [1.82, 2.24) is 14.8 Å². The van der Waals surface area contributed by atoms with Crippen LogP contribution in [0.4, 0.5) is 18.9 Å². The lowest BCUT2D eigenvalue weighted by molar-refractivity contribution is -0.144. The third-order valence-electron chi connectivity index (χ3n) is 5.60. The number of aromatic nitrogens is 1. The Hall–Kier alpha value is -2.01. The average Bonchev–Trinajstić information content (AvgIpc) is 2.97. The Labute approximate surface area is 206 Å². The summed E-state index contributed by atoms with van der Waals surface area (Å²) in [5.41, 5.74) is -0.477. The fourth-order valence-corrected chi connectivity index (χ4v) is 4.92. The Bertz CT molecular complexity index is 1060. The molecule has 1 aromatic carbocycles. The van der Waals surface area contributed by atoms with Crippen LogP contribution in [0, 0.1) is 0 Å². The van der Waals surface area contributed by atoms with Gasteiger partial charge in [-0.3, -0.25) is 9.78 Å². The van der Waals surface area contributed by atoms with Crippen molar-refractivity contribution in [2.75, 3.05) is 44.3 Å². The first kappa shape index (κ1) is 26.6. The third kappa shape index (κ3) is 6.16. The van der Waals surface area contributed by atoms with Gasteiger partial charge in [0.15, 0.2) is 5.72 Å². The number of benzene rings is 1. The Kier molecular flexibility index (Phi) is 8.38. The molecule has 0 aliphatic carbocycles. The maximum absolute atomic E-state index is 13.5. The molecule has 1 aliphatic heterocycles. The highest BCUT2D eigenvalue weighted by molar-refractivity contribution is 8.00. The third-order valence-corrected chi connectivity index (χ3v) is 7.02. The number of carbonyl (C=O) groups is 1. The van der Waals surface area contributed by atoms with E-state index in [2.05, 4.69) is 10.3 Å². The number of amides is 1. The van der Waals surface area contributed by atoms with Gasteiger partial charge in [-0.2, -0.15) is 13.2 Å². The second-order valence-electron chi connectivity index (χ2n) is 8.28. The summed E-state index contributed by atoms with van der Waals surface area (Å²) in [6, 6.07) is 7.35. The van der Waals surface area contributed by atoms with Gasteiger partial charge in [-0.05, 0) is 50.1 Å². The van der Waals surface area contributed by atoms with E-state index in [-0.39, 0.29) is 12.3 Å². The molecule has 1 aliphatic rings. The van der Waals surface area contributed by atoms with Crippen molar-refractivity contribution < 1.29 is 23.1 Å². The van der Waals surface area contributed by atoms with Crippen LogP contribution in [0.5, 0.6) is 0 Å². The second kappa shape index (κ2) is 10.7. The van der Waals surface area contributed by atoms with Crippen molar-refractivity contribution in [3.8, 4) is 0 Å². The van der Waals surface area contributed by atoms with Crippen LogP contribution in [0.2, 0.25) is 5.02 Å². The van der Waals surface area contributed by atoms with E-state index in [9.17, 15) is 23.1 Å². The van der Waals surface area contributed by atoms with Gasteiger partial charge in [0.05, 0.1) is 5.52 Å². The molecule has 2 aromatic rings. The summed E-state index contributed by atoms with van der Waals surface area (Å²) in [4.78, 5) is 20.1. The zero-order valence-corrected chi connectivity index (χ0v) is 20.8. The quantitative estimate of drug-likeness (QED) is 0.488. The molecule has 0 spiro atoms. The number of aliphatic hydroxyl groups is 1. The number of thioether (sulfide) groups is 1. The smallest absolute Gasteiger partial charge is 0.383 e. The number of hydrogen-bond acceptors (Lipinski definition) is 6. The van der Waals surface area contributed by atoms with Gasteiger partial charge in [-0.1, -0.05) is 18.5 Å². The predicted molar refractivity (Wildman–Crippen MR) is 131 cm³/mol. The first-order chi connectivity index (χ1) is 15.9.